The lowest BCUT2D eigenvalue weighted by atomic mass is 9.94. The summed E-state index contributed by atoms with van der Waals surface area (Å²) in [5.41, 5.74) is -0.918. The molecule has 0 aliphatic heterocycles. The second kappa shape index (κ2) is 4.11. The molecule has 0 heterocycles. The van der Waals surface area contributed by atoms with Gasteiger partial charge in [-0.25, -0.2) is 4.79 Å². The van der Waals surface area contributed by atoms with Crippen LogP contribution in [0.4, 0.5) is 0 Å². The summed E-state index contributed by atoms with van der Waals surface area (Å²) in [7, 11) is 0. The predicted octanol–water partition coefficient (Wildman–Crippen LogP) is 0.936. The van der Waals surface area contributed by atoms with E-state index in [2.05, 4.69) is 0 Å². The van der Waals surface area contributed by atoms with Gasteiger partial charge in [-0.1, -0.05) is 18.2 Å². The smallest absolute Gasteiger partial charge is 0.335 e. The number of nitriles is 1. The Bertz CT molecular complexity index is 418. The van der Waals surface area contributed by atoms with Gasteiger partial charge in [0, 0.05) is 6.42 Å². The van der Waals surface area contributed by atoms with Crippen molar-refractivity contribution in [2.24, 2.45) is 0 Å². The lowest BCUT2D eigenvalue weighted by Crippen LogP contribution is -2.37. The largest absolute Gasteiger partial charge is 0.479 e. The predicted molar refractivity (Wildman–Crippen MR) is 53.1 cm³/mol. The average Bonchev–Trinajstić information content (AvgIpc) is 2.18. The van der Waals surface area contributed by atoms with E-state index >= 15 is 0 Å². The maximum absolute atomic E-state index is 10.7. The molecular weight excluding hydrogens is 194 g/mol. The molecule has 1 atom stereocenters. The van der Waals surface area contributed by atoms with Crippen molar-refractivity contribution in [2.75, 3.05) is 0 Å². The van der Waals surface area contributed by atoms with Crippen molar-refractivity contribution in [3.05, 3.63) is 35.4 Å². The molecule has 0 fully saturated rings. The fourth-order valence-electron chi connectivity index (χ4n) is 1.23. The second-order valence-electron chi connectivity index (χ2n) is 3.52. The first-order chi connectivity index (χ1) is 6.97. The van der Waals surface area contributed by atoms with E-state index < -0.39 is 11.6 Å². The minimum atomic E-state index is -1.84. The zero-order valence-electron chi connectivity index (χ0n) is 8.27. The highest BCUT2D eigenvalue weighted by Crippen LogP contribution is 2.16. The number of aliphatic carboxylic acids is 1. The summed E-state index contributed by atoms with van der Waals surface area (Å²) in [5, 5.41) is 27.1. The van der Waals surface area contributed by atoms with Gasteiger partial charge in [0.25, 0.3) is 0 Å². The van der Waals surface area contributed by atoms with Crippen molar-refractivity contribution in [1.82, 2.24) is 0 Å². The van der Waals surface area contributed by atoms with Crippen LogP contribution in [-0.2, 0) is 11.2 Å². The summed E-state index contributed by atoms with van der Waals surface area (Å²) < 4.78 is 0. The first kappa shape index (κ1) is 11.2. The Morgan fingerprint density at radius 2 is 2.13 bits per heavy atom. The molecule has 4 heteroatoms. The van der Waals surface area contributed by atoms with Gasteiger partial charge in [0.1, 0.15) is 0 Å². The van der Waals surface area contributed by atoms with E-state index in [9.17, 15) is 9.90 Å². The monoisotopic (exact) mass is 205 g/mol. The molecule has 0 aliphatic rings. The Morgan fingerprint density at radius 3 is 2.67 bits per heavy atom. The summed E-state index contributed by atoms with van der Waals surface area (Å²) in [4.78, 5) is 10.7. The van der Waals surface area contributed by atoms with Crippen LogP contribution < -0.4 is 0 Å². The number of rotatable bonds is 3. The summed E-state index contributed by atoms with van der Waals surface area (Å²) in [6.45, 7) is 1.21. The van der Waals surface area contributed by atoms with E-state index in [-0.39, 0.29) is 6.42 Å². The van der Waals surface area contributed by atoms with Crippen LogP contribution in [-0.4, -0.2) is 21.8 Å². The number of carboxylic acids is 1. The molecule has 0 saturated carbocycles. The molecule has 1 aromatic carbocycles. The summed E-state index contributed by atoms with van der Waals surface area (Å²) in [5.74, 6) is -1.30. The fourth-order valence-corrected chi connectivity index (χ4v) is 1.23. The van der Waals surface area contributed by atoms with Gasteiger partial charge in [-0.15, -0.1) is 0 Å². The van der Waals surface area contributed by atoms with Crippen LogP contribution in [0.5, 0.6) is 0 Å². The first-order valence-corrected chi connectivity index (χ1v) is 4.41. The zero-order valence-corrected chi connectivity index (χ0v) is 8.27. The third-order valence-electron chi connectivity index (χ3n) is 2.13. The van der Waals surface area contributed by atoms with Gasteiger partial charge in [0.15, 0.2) is 5.60 Å². The third-order valence-corrected chi connectivity index (χ3v) is 2.13. The Morgan fingerprint density at radius 1 is 1.53 bits per heavy atom. The van der Waals surface area contributed by atoms with Gasteiger partial charge in [-0.05, 0) is 18.6 Å². The Kier molecular flexibility index (Phi) is 3.08. The lowest BCUT2D eigenvalue weighted by molar-refractivity contribution is -0.156. The molecule has 1 aromatic rings. The van der Waals surface area contributed by atoms with Crippen LogP contribution in [0.25, 0.3) is 0 Å². The van der Waals surface area contributed by atoms with E-state index in [0.717, 1.165) is 0 Å². The Labute approximate surface area is 87.4 Å². The summed E-state index contributed by atoms with van der Waals surface area (Å²) in [6.07, 6.45) is -0.0773. The number of benzene rings is 1. The summed E-state index contributed by atoms with van der Waals surface area (Å²) >= 11 is 0. The normalized spacial score (nSPS) is 13.9. The molecule has 0 saturated heterocycles. The van der Waals surface area contributed by atoms with Gasteiger partial charge in [-0.2, -0.15) is 5.26 Å². The van der Waals surface area contributed by atoms with Gasteiger partial charge < -0.3 is 10.2 Å². The molecule has 1 rings (SSSR count). The van der Waals surface area contributed by atoms with E-state index in [4.69, 9.17) is 10.4 Å². The SMILES string of the molecule is CC(O)(Cc1ccccc1C#N)C(=O)O. The second-order valence-corrected chi connectivity index (χ2v) is 3.52. The van der Waals surface area contributed by atoms with Crippen LogP contribution in [0, 0.1) is 11.3 Å². The van der Waals surface area contributed by atoms with Gasteiger partial charge in [-0.3, -0.25) is 0 Å². The number of hydrogen-bond donors (Lipinski definition) is 2. The van der Waals surface area contributed by atoms with Crippen LogP contribution in [0.1, 0.15) is 18.1 Å². The number of nitrogens with zero attached hydrogens (tertiary/aromatic N) is 1. The highest BCUT2D eigenvalue weighted by atomic mass is 16.4. The molecule has 0 bridgehead atoms. The molecular formula is C11H11NO3. The molecule has 1 unspecified atom stereocenters. The maximum atomic E-state index is 10.7. The molecule has 0 aliphatic carbocycles. The highest BCUT2D eigenvalue weighted by Gasteiger charge is 2.30. The van der Waals surface area contributed by atoms with Gasteiger partial charge in [0.05, 0.1) is 11.6 Å². The summed E-state index contributed by atoms with van der Waals surface area (Å²) in [6, 6.07) is 8.57. The van der Waals surface area contributed by atoms with Crippen molar-refractivity contribution in [1.29, 1.82) is 5.26 Å². The number of hydrogen-bond acceptors (Lipinski definition) is 3. The minimum Gasteiger partial charge on any atom is -0.479 e. The minimum absolute atomic E-state index is 0.0773. The van der Waals surface area contributed by atoms with Crippen LogP contribution in [0.2, 0.25) is 0 Å². The first-order valence-electron chi connectivity index (χ1n) is 4.41. The van der Waals surface area contributed by atoms with Crippen LogP contribution in [0.3, 0.4) is 0 Å². The number of carboxylic acid groups (broad SMARTS) is 1. The van der Waals surface area contributed by atoms with E-state index in [1.807, 2.05) is 6.07 Å². The van der Waals surface area contributed by atoms with Gasteiger partial charge in [0.2, 0.25) is 0 Å². The van der Waals surface area contributed by atoms with E-state index in [1.54, 1.807) is 24.3 Å². The Hall–Kier alpha value is -1.86. The quantitative estimate of drug-likeness (QED) is 0.769. The van der Waals surface area contributed by atoms with Crippen molar-refractivity contribution in [3.63, 3.8) is 0 Å². The lowest BCUT2D eigenvalue weighted by Gasteiger charge is -2.18. The van der Waals surface area contributed by atoms with E-state index in [1.165, 1.54) is 6.92 Å². The van der Waals surface area contributed by atoms with Crippen LogP contribution >= 0.6 is 0 Å². The molecule has 0 spiro atoms. The molecule has 2 N–H and O–H groups in total. The molecule has 78 valence electrons. The molecule has 0 aromatic heterocycles. The topological polar surface area (TPSA) is 81.3 Å². The molecule has 0 radical (unpaired) electrons. The van der Waals surface area contributed by atoms with Crippen LogP contribution in [0.15, 0.2) is 24.3 Å². The van der Waals surface area contributed by atoms with Crippen molar-refractivity contribution >= 4 is 5.97 Å². The zero-order chi connectivity index (χ0) is 11.5. The van der Waals surface area contributed by atoms with Gasteiger partial charge >= 0.3 is 5.97 Å². The number of aliphatic hydroxyl groups is 1. The standard InChI is InChI=1S/C11H11NO3/c1-11(15,10(13)14)6-8-4-2-3-5-9(8)7-12/h2-5,15H,6H2,1H3,(H,13,14). The fraction of sp³-hybridized carbons (Fsp3) is 0.273. The molecule has 15 heavy (non-hydrogen) atoms. The van der Waals surface area contributed by atoms with E-state index in [0.29, 0.717) is 11.1 Å². The maximum Gasteiger partial charge on any atom is 0.335 e. The highest BCUT2D eigenvalue weighted by molar-refractivity contribution is 5.77. The third kappa shape index (κ3) is 2.55. The van der Waals surface area contributed by atoms with Crippen molar-refractivity contribution in [3.8, 4) is 6.07 Å². The Balaban J connectivity index is 3.00. The molecule has 0 amide bonds. The van der Waals surface area contributed by atoms with Crippen molar-refractivity contribution < 1.29 is 15.0 Å². The average molecular weight is 205 g/mol. The number of carbonyl (C=O) groups is 1. The molecule has 4 nitrogen and oxygen atoms in total. The van der Waals surface area contributed by atoms with Crippen molar-refractivity contribution in [2.45, 2.75) is 18.9 Å².